The number of thioether (sulfide) groups is 1. The zero-order valence-corrected chi connectivity index (χ0v) is 13.1. The van der Waals surface area contributed by atoms with Gasteiger partial charge in [-0.1, -0.05) is 30.3 Å². The highest BCUT2D eigenvalue weighted by atomic mass is 32.2. The Morgan fingerprint density at radius 2 is 1.86 bits per heavy atom. The molecule has 0 bridgehead atoms. The highest BCUT2D eigenvalue weighted by Gasteiger charge is 2.29. The van der Waals surface area contributed by atoms with Crippen molar-refractivity contribution in [1.29, 1.82) is 0 Å². The molecule has 1 aliphatic heterocycles. The molecule has 0 aromatic heterocycles. The second kappa shape index (κ2) is 6.97. The van der Waals surface area contributed by atoms with E-state index >= 15 is 0 Å². The Hall–Kier alpha value is -1.81. The van der Waals surface area contributed by atoms with Crippen molar-refractivity contribution in [3.8, 4) is 0 Å². The van der Waals surface area contributed by atoms with E-state index in [-0.39, 0.29) is 17.8 Å². The summed E-state index contributed by atoms with van der Waals surface area (Å²) >= 11 is 1.46. The number of amides is 1. The number of rotatable bonds is 4. The second-order valence-electron chi connectivity index (χ2n) is 5.40. The van der Waals surface area contributed by atoms with Gasteiger partial charge in [0.15, 0.2) is 0 Å². The van der Waals surface area contributed by atoms with Gasteiger partial charge in [0.25, 0.3) is 0 Å². The van der Waals surface area contributed by atoms with Crippen molar-refractivity contribution in [3.63, 3.8) is 0 Å². The maximum Gasteiger partial charge on any atom is 0.233 e. The Kier molecular flexibility index (Phi) is 4.78. The van der Waals surface area contributed by atoms with E-state index in [1.165, 1.54) is 29.5 Å². The zero-order chi connectivity index (χ0) is 15.4. The van der Waals surface area contributed by atoms with E-state index in [0.29, 0.717) is 5.75 Å². The average Bonchev–Trinajstić information content (AvgIpc) is 3.04. The van der Waals surface area contributed by atoms with Crippen LogP contribution in [0.1, 0.15) is 24.4 Å². The molecular formula is C18H18FNOS. The molecule has 0 N–H and O–H groups in total. The summed E-state index contributed by atoms with van der Waals surface area (Å²) in [7, 11) is 0. The standard InChI is InChI=1S/C18H18FNOS/c19-15-8-10-16(11-9-15)22-13-18(21)20-12-4-7-17(20)14-5-2-1-3-6-14/h1-3,5-6,8-11,17H,4,7,12-13H2/t17-/m1/s1. The van der Waals surface area contributed by atoms with E-state index in [0.717, 1.165) is 24.3 Å². The largest absolute Gasteiger partial charge is 0.335 e. The van der Waals surface area contributed by atoms with Gasteiger partial charge in [0, 0.05) is 11.4 Å². The van der Waals surface area contributed by atoms with Crippen LogP contribution in [0.25, 0.3) is 0 Å². The fraction of sp³-hybridized carbons (Fsp3) is 0.278. The molecule has 4 heteroatoms. The topological polar surface area (TPSA) is 20.3 Å². The average molecular weight is 315 g/mol. The van der Waals surface area contributed by atoms with Gasteiger partial charge in [0.2, 0.25) is 5.91 Å². The van der Waals surface area contributed by atoms with E-state index in [9.17, 15) is 9.18 Å². The molecule has 2 aromatic carbocycles. The Morgan fingerprint density at radius 3 is 2.59 bits per heavy atom. The smallest absolute Gasteiger partial charge is 0.233 e. The van der Waals surface area contributed by atoms with Gasteiger partial charge in [0.1, 0.15) is 5.82 Å². The number of hydrogen-bond acceptors (Lipinski definition) is 2. The first kappa shape index (κ1) is 15.1. The number of nitrogens with zero attached hydrogens (tertiary/aromatic N) is 1. The molecule has 114 valence electrons. The van der Waals surface area contributed by atoms with Crippen LogP contribution >= 0.6 is 11.8 Å². The summed E-state index contributed by atoms with van der Waals surface area (Å²) in [6.07, 6.45) is 2.07. The summed E-state index contributed by atoms with van der Waals surface area (Å²) in [6.45, 7) is 0.822. The highest BCUT2D eigenvalue weighted by molar-refractivity contribution is 8.00. The van der Waals surface area contributed by atoms with Crippen molar-refractivity contribution in [2.75, 3.05) is 12.3 Å². The number of benzene rings is 2. The first-order chi connectivity index (χ1) is 10.7. The number of carbonyl (C=O) groups excluding carboxylic acids is 1. The molecule has 1 amide bonds. The van der Waals surface area contributed by atoms with E-state index in [1.807, 2.05) is 23.1 Å². The third kappa shape index (κ3) is 3.50. The van der Waals surface area contributed by atoms with Crippen LogP contribution in [0.3, 0.4) is 0 Å². The predicted octanol–water partition coefficient (Wildman–Crippen LogP) is 4.28. The van der Waals surface area contributed by atoms with Gasteiger partial charge >= 0.3 is 0 Å². The van der Waals surface area contributed by atoms with E-state index in [1.54, 1.807) is 12.1 Å². The maximum atomic E-state index is 12.9. The molecule has 1 fully saturated rings. The normalized spacial score (nSPS) is 17.7. The van der Waals surface area contributed by atoms with Crippen molar-refractivity contribution in [2.24, 2.45) is 0 Å². The van der Waals surface area contributed by atoms with Crippen LogP contribution in [0.15, 0.2) is 59.5 Å². The first-order valence-electron chi connectivity index (χ1n) is 7.47. The number of hydrogen-bond donors (Lipinski definition) is 0. The summed E-state index contributed by atoms with van der Waals surface area (Å²) in [5.74, 6) is 0.301. The molecule has 0 aliphatic carbocycles. The van der Waals surface area contributed by atoms with E-state index < -0.39 is 0 Å². The van der Waals surface area contributed by atoms with Crippen LogP contribution in [0.4, 0.5) is 4.39 Å². The summed E-state index contributed by atoms with van der Waals surface area (Å²) < 4.78 is 12.9. The van der Waals surface area contributed by atoms with Gasteiger partial charge in [0.05, 0.1) is 11.8 Å². The van der Waals surface area contributed by atoms with Crippen LogP contribution in [-0.2, 0) is 4.79 Å². The Bertz CT molecular complexity index is 629. The minimum absolute atomic E-state index is 0.153. The Labute approximate surface area is 134 Å². The molecule has 2 nitrogen and oxygen atoms in total. The van der Waals surface area contributed by atoms with Crippen molar-refractivity contribution in [3.05, 3.63) is 66.0 Å². The molecule has 0 spiro atoms. The summed E-state index contributed by atoms with van der Waals surface area (Å²) in [4.78, 5) is 15.4. The lowest BCUT2D eigenvalue weighted by Crippen LogP contribution is -2.31. The third-order valence-electron chi connectivity index (χ3n) is 3.93. The molecule has 22 heavy (non-hydrogen) atoms. The molecule has 1 saturated heterocycles. The summed E-state index contributed by atoms with van der Waals surface area (Å²) in [5, 5.41) is 0. The van der Waals surface area contributed by atoms with Crippen LogP contribution in [0.5, 0.6) is 0 Å². The van der Waals surface area contributed by atoms with Crippen LogP contribution in [-0.4, -0.2) is 23.1 Å². The summed E-state index contributed by atoms with van der Waals surface area (Å²) in [5.41, 5.74) is 1.21. The molecule has 3 rings (SSSR count). The Morgan fingerprint density at radius 1 is 1.14 bits per heavy atom. The quantitative estimate of drug-likeness (QED) is 0.785. The lowest BCUT2D eigenvalue weighted by Gasteiger charge is -2.25. The fourth-order valence-corrected chi connectivity index (χ4v) is 3.63. The second-order valence-corrected chi connectivity index (χ2v) is 6.45. The summed E-state index contributed by atoms with van der Waals surface area (Å²) in [6, 6.07) is 16.7. The molecule has 0 radical (unpaired) electrons. The monoisotopic (exact) mass is 315 g/mol. The number of carbonyl (C=O) groups is 1. The van der Waals surface area contributed by atoms with Gasteiger partial charge in [-0.3, -0.25) is 4.79 Å². The Balaban J connectivity index is 1.62. The van der Waals surface area contributed by atoms with Crippen molar-refractivity contribution in [1.82, 2.24) is 4.90 Å². The number of likely N-dealkylation sites (tertiary alicyclic amines) is 1. The third-order valence-corrected chi connectivity index (χ3v) is 4.93. The van der Waals surface area contributed by atoms with Crippen LogP contribution in [0.2, 0.25) is 0 Å². The lowest BCUT2D eigenvalue weighted by molar-refractivity contribution is -0.129. The van der Waals surface area contributed by atoms with Gasteiger partial charge in [-0.2, -0.15) is 0 Å². The first-order valence-corrected chi connectivity index (χ1v) is 8.45. The fourth-order valence-electron chi connectivity index (χ4n) is 2.85. The lowest BCUT2D eigenvalue weighted by atomic mass is 10.0. The minimum Gasteiger partial charge on any atom is -0.335 e. The van der Waals surface area contributed by atoms with Gasteiger partial charge < -0.3 is 4.90 Å². The molecular weight excluding hydrogens is 297 g/mol. The van der Waals surface area contributed by atoms with Crippen molar-refractivity contribution >= 4 is 17.7 Å². The molecule has 1 atom stereocenters. The molecule has 1 heterocycles. The minimum atomic E-state index is -0.251. The molecule has 0 saturated carbocycles. The molecule has 2 aromatic rings. The van der Waals surface area contributed by atoms with Crippen molar-refractivity contribution < 1.29 is 9.18 Å². The molecule has 1 aliphatic rings. The number of halogens is 1. The van der Waals surface area contributed by atoms with Crippen LogP contribution in [0, 0.1) is 5.82 Å². The van der Waals surface area contributed by atoms with Gasteiger partial charge in [-0.25, -0.2) is 4.39 Å². The predicted molar refractivity (Wildman–Crippen MR) is 87.3 cm³/mol. The van der Waals surface area contributed by atoms with Crippen LogP contribution < -0.4 is 0 Å². The molecule has 0 unspecified atom stereocenters. The van der Waals surface area contributed by atoms with E-state index in [4.69, 9.17) is 0 Å². The SMILES string of the molecule is O=C(CSc1ccc(F)cc1)N1CCC[C@@H]1c1ccccc1. The maximum absolute atomic E-state index is 12.9. The van der Waals surface area contributed by atoms with E-state index in [2.05, 4.69) is 12.1 Å². The van der Waals surface area contributed by atoms with Gasteiger partial charge in [-0.15, -0.1) is 11.8 Å². The highest BCUT2D eigenvalue weighted by Crippen LogP contribution is 2.32. The van der Waals surface area contributed by atoms with Gasteiger partial charge in [-0.05, 0) is 42.7 Å². The zero-order valence-electron chi connectivity index (χ0n) is 12.2. The van der Waals surface area contributed by atoms with Crippen molar-refractivity contribution in [2.45, 2.75) is 23.8 Å².